The van der Waals surface area contributed by atoms with E-state index >= 15 is 0 Å². The largest absolute Gasteiger partial charge is 0.497 e. The number of methoxy groups -OCH3 is 1. The maximum atomic E-state index is 12.2. The summed E-state index contributed by atoms with van der Waals surface area (Å²) >= 11 is 0. The number of benzene rings is 2. The fraction of sp³-hybridized carbons (Fsp3) is 0.211. The van der Waals surface area contributed by atoms with Crippen LogP contribution in [-0.4, -0.2) is 32.8 Å². The van der Waals surface area contributed by atoms with Gasteiger partial charge in [-0.1, -0.05) is 18.2 Å². The molecule has 0 radical (unpaired) electrons. The van der Waals surface area contributed by atoms with Crippen molar-refractivity contribution in [2.45, 2.75) is 0 Å². The molecule has 24 heavy (non-hydrogen) atoms. The van der Waals surface area contributed by atoms with Crippen molar-refractivity contribution in [1.29, 1.82) is 0 Å². The second kappa shape index (κ2) is 7.55. The summed E-state index contributed by atoms with van der Waals surface area (Å²) in [5, 5.41) is 2.84. The van der Waals surface area contributed by atoms with Crippen molar-refractivity contribution in [3.05, 3.63) is 59.7 Å². The van der Waals surface area contributed by atoms with Crippen LogP contribution in [0.2, 0.25) is 0 Å². The highest BCUT2D eigenvalue weighted by atomic mass is 16.5. The monoisotopic (exact) mass is 325 g/mol. The van der Waals surface area contributed by atoms with E-state index in [4.69, 9.17) is 14.2 Å². The van der Waals surface area contributed by atoms with Crippen LogP contribution in [-0.2, 0) is 4.79 Å². The molecule has 0 bridgehead atoms. The first-order chi connectivity index (χ1) is 11.8. The predicted octanol–water partition coefficient (Wildman–Crippen LogP) is 2.67. The van der Waals surface area contributed by atoms with E-state index in [1.807, 2.05) is 54.6 Å². The van der Waals surface area contributed by atoms with Gasteiger partial charge in [-0.15, -0.1) is 0 Å². The second-order valence-corrected chi connectivity index (χ2v) is 5.28. The second-order valence-electron chi connectivity index (χ2n) is 5.28. The standard InChI is InChI=1S/C19H19NO4/c1-22-16-6-8-17(9-7-16)23-11-10-20-19(21)15-12-14-4-2-3-5-18(14)24-13-15/h2-9,12H,10-11,13H2,1H3,(H,20,21). The van der Waals surface area contributed by atoms with Crippen LogP contribution in [0.15, 0.2) is 54.1 Å². The van der Waals surface area contributed by atoms with Gasteiger partial charge in [0.15, 0.2) is 0 Å². The molecule has 0 aliphatic carbocycles. The van der Waals surface area contributed by atoms with E-state index in [2.05, 4.69) is 5.32 Å². The van der Waals surface area contributed by atoms with Gasteiger partial charge in [-0.05, 0) is 36.4 Å². The number of rotatable bonds is 6. The lowest BCUT2D eigenvalue weighted by molar-refractivity contribution is -0.117. The molecular formula is C19H19NO4. The van der Waals surface area contributed by atoms with Crippen molar-refractivity contribution in [3.8, 4) is 17.2 Å². The first-order valence-electron chi connectivity index (χ1n) is 7.74. The lowest BCUT2D eigenvalue weighted by atomic mass is 10.1. The van der Waals surface area contributed by atoms with Gasteiger partial charge in [0.2, 0.25) is 0 Å². The van der Waals surface area contributed by atoms with E-state index in [9.17, 15) is 4.79 Å². The summed E-state index contributed by atoms with van der Waals surface area (Å²) in [6.07, 6.45) is 1.86. The Labute approximate surface area is 140 Å². The van der Waals surface area contributed by atoms with Crippen LogP contribution in [0.5, 0.6) is 17.2 Å². The number of hydrogen-bond acceptors (Lipinski definition) is 4. The molecule has 0 atom stereocenters. The molecule has 0 aromatic heterocycles. The van der Waals surface area contributed by atoms with E-state index in [1.165, 1.54) is 0 Å². The molecule has 1 heterocycles. The number of para-hydroxylation sites is 1. The Balaban J connectivity index is 1.47. The van der Waals surface area contributed by atoms with Crippen molar-refractivity contribution in [3.63, 3.8) is 0 Å². The zero-order valence-corrected chi connectivity index (χ0v) is 13.5. The number of fused-ring (bicyclic) bond motifs is 1. The van der Waals surface area contributed by atoms with E-state index in [0.717, 1.165) is 22.8 Å². The SMILES string of the molecule is COc1ccc(OCCNC(=O)C2=Cc3ccccc3OC2)cc1. The summed E-state index contributed by atoms with van der Waals surface area (Å²) in [6, 6.07) is 15.0. The van der Waals surface area contributed by atoms with E-state index < -0.39 is 0 Å². The number of amides is 1. The normalized spacial score (nSPS) is 12.5. The number of nitrogens with one attached hydrogen (secondary N) is 1. The fourth-order valence-corrected chi connectivity index (χ4v) is 2.37. The molecule has 0 fully saturated rings. The van der Waals surface area contributed by atoms with Crippen LogP contribution in [0.1, 0.15) is 5.56 Å². The van der Waals surface area contributed by atoms with Crippen LogP contribution >= 0.6 is 0 Å². The Bertz CT molecular complexity index is 737. The first-order valence-corrected chi connectivity index (χ1v) is 7.74. The minimum absolute atomic E-state index is 0.136. The third-order valence-electron chi connectivity index (χ3n) is 3.64. The van der Waals surface area contributed by atoms with Gasteiger partial charge >= 0.3 is 0 Å². The third-order valence-corrected chi connectivity index (χ3v) is 3.64. The van der Waals surface area contributed by atoms with Gasteiger partial charge in [0.1, 0.15) is 30.5 Å². The average Bonchev–Trinajstić information content (AvgIpc) is 2.65. The summed E-state index contributed by atoms with van der Waals surface area (Å²) in [6.45, 7) is 1.09. The summed E-state index contributed by atoms with van der Waals surface area (Å²) in [5.41, 5.74) is 1.53. The summed E-state index contributed by atoms with van der Waals surface area (Å²) < 4.78 is 16.2. The van der Waals surface area contributed by atoms with Crippen molar-refractivity contribution >= 4 is 12.0 Å². The van der Waals surface area contributed by atoms with Gasteiger partial charge in [-0.3, -0.25) is 4.79 Å². The van der Waals surface area contributed by atoms with Crippen molar-refractivity contribution in [2.24, 2.45) is 0 Å². The molecule has 2 aromatic carbocycles. The van der Waals surface area contributed by atoms with Gasteiger partial charge < -0.3 is 19.5 Å². The number of ether oxygens (including phenoxy) is 3. The Morgan fingerprint density at radius 1 is 1.12 bits per heavy atom. The zero-order valence-electron chi connectivity index (χ0n) is 13.5. The Kier molecular flexibility index (Phi) is 5.01. The first kappa shape index (κ1) is 15.9. The molecule has 3 rings (SSSR count). The molecular weight excluding hydrogens is 306 g/mol. The topological polar surface area (TPSA) is 56.8 Å². The lowest BCUT2D eigenvalue weighted by Gasteiger charge is -2.17. The van der Waals surface area contributed by atoms with E-state index in [1.54, 1.807) is 7.11 Å². The molecule has 2 aromatic rings. The highest BCUT2D eigenvalue weighted by Gasteiger charge is 2.16. The maximum absolute atomic E-state index is 12.2. The van der Waals surface area contributed by atoms with Crippen LogP contribution in [0.4, 0.5) is 0 Å². The lowest BCUT2D eigenvalue weighted by Crippen LogP contribution is -2.31. The smallest absolute Gasteiger partial charge is 0.250 e. The molecule has 1 N–H and O–H groups in total. The summed E-state index contributed by atoms with van der Waals surface area (Å²) in [4.78, 5) is 12.2. The van der Waals surface area contributed by atoms with Gasteiger partial charge in [0.25, 0.3) is 5.91 Å². The quantitative estimate of drug-likeness (QED) is 0.830. The fourth-order valence-electron chi connectivity index (χ4n) is 2.37. The zero-order chi connectivity index (χ0) is 16.8. The summed E-state index contributed by atoms with van der Waals surface area (Å²) in [7, 11) is 1.62. The molecule has 0 spiro atoms. The van der Waals surface area contributed by atoms with Crippen LogP contribution in [0.25, 0.3) is 6.08 Å². The molecule has 5 heteroatoms. The maximum Gasteiger partial charge on any atom is 0.250 e. The molecule has 124 valence electrons. The number of hydrogen-bond donors (Lipinski definition) is 1. The molecule has 0 saturated carbocycles. The van der Waals surface area contributed by atoms with Crippen molar-refractivity contribution in [1.82, 2.24) is 5.32 Å². The van der Waals surface area contributed by atoms with Crippen molar-refractivity contribution < 1.29 is 19.0 Å². The van der Waals surface area contributed by atoms with E-state index in [-0.39, 0.29) is 12.5 Å². The number of carbonyl (C=O) groups excluding carboxylic acids is 1. The average molecular weight is 325 g/mol. The van der Waals surface area contributed by atoms with Crippen LogP contribution in [0, 0.1) is 0 Å². The molecule has 1 aliphatic heterocycles. The van der Waals surface area contributed by atoms with Gasteiger partial charge in [-0.2, -0.15) is 0 Å². The Hall–Kier alpha value is -2.95. The molecule has 1 aliphatic rings. The highest BCUT2D eigenvalue weighted by Crippen LogP contribution is 2.25. The van der Waals surface area contributed by atoms with Gasteiger partial charge in [-0.25, -0.2) is 0 Å². The molecule has 0 unspecified atom stereocenters. The van der Waals surface area contributed by atoms with E-state index in [0.29, 0.717) is 18.7 Å². The minimum Gasteiger partial charge on any atom is -0.497 e. The Morgan fingerprint density at radius 3 is 2.67 bits per heavy atom. The third kappa shape index (κ3) is 3.87. The summed E-state index contributed by atoms with van der Waals surface area (Å²) in [5.74, 6) is 2.18. The highest BCUT2D eigenvalue weighted by molar-refractivity contribution is 5.99. The van der Waals surface area contributed by atoms with Crippen LogP contribution < -0.4 is 19.5 Å². The van der Waals surface area contributed by atoms with Gasteiger partial charge in [0, 0.05) is 5.56 Å². The Morgan fingerprint density at radius 2 is 1.88 bits per heavy atom. The number of carbonyl (C=O) groups is 1. The van der Waals surface area contributed by atoms with Crippen LogP contribution in [0.3, 0.4) is 0 Å². The molecule has 0 saturated heterocycles. The predicted molar refractivity (Wildman–Crippen MR) is 91.4 cm³/mol. The minimum atomic E-state index is -0.136. The molecule has 5 nitrogen and oxygen atoms in total. The molecule has 1 amide bonds. The van der Waals surface area contributed by atoms with Crippen molar-refractivity contribution in [2.75, 3.05) is 26.9 Å². The van der Waals surface area contributed by atoms with Gasteiger partial charge in [0.05, 0.1) is 19.2 Å².